The third kappa shape index (κ3) is 3.86. The highest BCUT2D eigenvalue weighted by Crippen LogP contribution is 2.23. The van der Waals surface area contributed by atoms with Crippen LogP contribution >= 0.6 is 0 Å². The molecule has 118 valence electrons. The molecule has 1 heterocycles. The van der Waals surface area contributed by atoms with Crippen LogP contribution in [0.1, 0.15) is 12.0 Å². The topological polar surface area (TPSA) is 50.1 Å². The van der Waals surface area contributed by atoms with Crippen LogP contribution in [-0.4, -0.2) is 28.0 Å². The van der Waals surface area contributed by atoms with E-state index in [1.165, 1.54) is 0 Å². The molecule has 2 aromatic carbocycles. The molecule has 4 nitrogen and oxygen atoms in total. The van der Waals surface area contributed by atoms with E-state index in [-0.39, 0.29) is 6.61 Å². The van der Waals surface area contributed by atoms with E-state index in [2.05, 4.69) is 23.6 Å². The molecule has 0 spiro atoms. The number of benzene rings is 2. The number of nitrogens with zero attached hydrogens (tertiary/aromatic N) is 2. The van der Waals surface area contributed by atoms with Crippen LogP contribution in [0.25, 0.3) is 16.9 Å². The van der Waals surface area contributed by atoms with Gasteiger partial charge in [-0.25, -0.2) is 4.68 Å². The van der Waals surface area contributed by atoms with Gasteiger partial charge in [-0.05, 0) is 25.1 Å². The van der Waals surface area contributed by atoms with Gasteiger partial charge >= 0.3 is 0 Å². The minimum Gasteiger partial charge on any atom is -0.396 e. The van der Waals surface area contributed by atoms with Crippen LogP contribution in [0.2, 0.25) is 0 Å². The molecule has 0 radical (unpaired) electrons. The Hall–Kier alpha value is -2.43. The molecule has 0 amide bonds. The first-order chi connectivity index (χ1) is 11.4. The van der Waals surface area contributed by atoms with Crippen molar-refractivity contribution < 1.29 is 5.11 Å². The minimum atomic E-state index is 0.210. The number of aromatic nitrogens is 2. The predicted molar refractivity (Wildman–Crippen MR) is 92.4 cm³/mol. The standard InChI is InChI=1S/C19H21N3O/c23-13-7-12-20-14-17-15-22(18-10-5-2-6-11-18)21-19(17)16-8-3-1-4-9-16/h1-6,8-11,15,20,23H,7,12-14H2. The molecule has 0 saturated heterocycles. The molecule has 3 rings (SSSR count). The van der Waals surface area contributed by atoms with Crippen LogP contribution in [0, 0.1) is 0 Å². The van der Waals surface area contributed by atoms with Gasteiger partial charge in [-0.3, -0.25) is 0 Å². The zero-order valence-corrected chi connectivity index (χ0v) is 13.0. The average molecular weight is 307 g/mol. The first-order valence-electron chi connectivity index (χ1n) is 7.89. The van der Waals surface area contributed by atoms with Crippen molar-refractivity contribution in [1.29, 1.82) is 0 Å². The second-order valence-electron chi connectivity index (χ2n) is 5.40. The number of aliphatic hydroxyl groups is 1. The Morgan fingerprint density at radius 2 is 1.65 bits per heavy atom. The fourth-order valence-electron chi connectivity index (χ4n) is 2.52. The molecule has 1 aromatic heterocycles. The molecule has 0 aliphatic heterocycles. The summed E-state index contributed by atoms with van der Waals surface area (Å²) in [6.45, 7) is 1.74. The Balaban J connectivity index is 1.90. The van der Waals surface area contributed by atoms with E-state index in [1.807, 2.05) is 53.2 Å². The third-order valence-electron chi connectivity index (χ3n) is 3.69. The molecule has 23 heavy (non-hydrogen) atoms. The number of hydrogen-bond acceptors (Lipinski definition) is 3. The molecule has 0 aliphatic rings. The summed E-state index contributed by atoms with van der Waals surface area (Å²) in [5.41, 5.74) is 4.30. The molecule has 2 N–H and O–H groups in total. The van der Waals surface area contributed by atoms with Gasteiger partial charge in [-0.2, -0.15) is 5.10 Å². The fraction of sp³-hybridized carbons (Fsp3) is 0.211. The summed E-state index contributed by atoms with van der Waals surface area (Å²) in [6.07, 6.45) is 2.83. The summed E-state index contributed by atoms with van der Waals surface area (Å²) in [4.78, 5) is 0. The van der Waals surface area contributed by atoms with E-state index in [4.69, 9.17) is 10.2 Å². The van der Waals surface area contributed by atoms with Crippen molar-refractivity contribution >= 4 is 0 Å². The second kappa shape index (κ2) is 7.72. The maximum Gasteiger partial charge on any atom is 0.0972 e. The smallest absolute Gasteiger partial charge is 0.0972 e. The lowest BCUT2D eigenvalue weighted by atomic mass is 10.1. The maximum absolute atomic E-state index is 8.89. The van der Waals surface area contributed by atoms with E-state index in [0.29, 0.717) is 0 Å². The highest BCUT2D eigenvalue weighted by atomic mass is 16.3. The van der Waals surface area contributed by atoms with Crippen molar-refractivity contribution in [2.24, 2.45) is 0 Å². The van der Waals surface area contributed by atoms with Gasteiger partial charge in [-0.15, -0.1) is 0 Å². The molecule has 3 aromatic rings. The number of para-hydroxylation sites is 1. The second-order valence-corrected chi connectivity index (χ2v) is 5.40. The molecule has 0 bridgehead atoms. The monoisotopic (exact) mass is 307 g/mol. The zero-order valence-electron chi connectivity index (χ0n) is 13.0. The van der Waals surface area contributed by atoms with Crippen molar-refractivity contribution in [3.63, 3.8) is 0 Å². The summed E-state index contributed by atoms with van der Waals surface area (Å²) in [5.74, 6) is 0. The summed E-state index contributed by atoms with van der Waals surface area (Å²) in [7, 11) is 0. The lowest BCUT2D eigenvalue weighted by Gasteiger charge is -2.04. The van der Waals surface area contributed by atoms with Gasteiger partial charge in [0.25, 0.3) is 0 Å². The number of hydrogen-bond donors (Lipinski definition) is 2. The molecule has 0 fully saturated rings. The Morgan fingerprint density at radius 1 is 0.957 bits per heavy atom. The average Bonchev–Trinajstić information content (AvgIpc) is 3.04. The Kier molecular flexibility index (Phi) is 5.19. The van der Waals surface area contributed by atoms with E-state index in [9.17, 15) is 0 Å². The van der Waals surface area contributed by atoms with Gasteiger partial charge < -0.3 is 10.4 Å². The number of nitrogens with one attached hydrogen (secondary N) is 1. The maximum atomic E-state index is 8.89. The molecule has 4 heteroatoms. The quantitative estimate of drug-likeness (QED) is 0.660. The summed E-state index contributed by atoms with van der Waals surface area (Å²) in [5, 5.41) is 17.0. The Bertz CT molecular complexity index is 723. The van der Waals surface area contributed by atoms with E-state index < -0.39 is 0 Å². The molecule has 0 saturated carbocycles. The van der Waals surface area contributed by atoms with Crippen LogP contribution in [0.3, 0.4) is 0 Å². The van der Waals surface area contributed by atoms with Crippen molar-refractivity contribution in [3.8, 4) is 16.9 Å². The molecule has 0 atom stereocenters. The van der Waals surface area contributed by atoms with Crippen LogP contribution < -0.4 is 5.32 Å². The summed E-state index contributed by atoms with van der Waals surface area (Å²) < 4.78 is 1.92. The number of aliphatic hydroxyl groups excluding tert-OH is 1. The van der Waals surface area contributed by atoms with Gasteiger partial charge in [0.2, 0.25) is 0 Å². The SMILES string of the molecule is OCCCNCc1cn(-c2ccccc2)nc1-c1ccccc1. The highest BCUT2D eigenvalue weighted by molar-refractivity contribution is 5.63. The van der Waals surface area contributed by atoms with Crippen molar-refractivity contribution in [2.75, 3.05) is 13.2 Å². The van der Waals surface area contributed by atoms with Crippen LogP contribution in [0.15, 0.2) is 66.9 Å². The first-order valence-corrected chi connectivity index (χ1v) is 7.89. The van der Waals surface area contributed by atoms with Crippen molar-refractivity contribution in [3.05, 3.63) is 72.4 Å². The van der Waals surface area contributed by atoms with Crippen molar-refractivity contribution in [2.45, 2.75) is 13.0 Å². The Labute approximate surface area is 136 Å². The predicted octanol–water partition coefficient (Wildman–Crippen LogP) is 3.01. The van der Waals surface area contributed by atoms with Gasteiger partial charge in [-0.1, -0.05) is 48.5 Å². The van der Waals surface area contributed by atoms with Gasteiger partial charge in [0.1, 0.15) is 0 Å². The molecule has 0 aliphatic carbocycles. The van der Waals surface area contributed by atoms with Crippen molar-refractivity contribution in [1.82, 2.24) is 15.1 Å². The first kappa shape index (κ1) is 15.5. The van der Waals surface area contributed by atoms with E-state index in [0.717, 1.165) is 42.0 Å². The lowest BCUT2D eigenvalue weighted by molar-refractivity contribution is 0.286. The summed E-state index contributed by atoms with van der Waals surface area (Å²) in [6, 6.07) is 20.3. The third-order valence-corrected chi connectivity index (χ3v) is 3.69. The minimum absolute atomic E-state index is 0.210. The Morgan fingerprint density at radius 3 is 2.35 bits per heavy atom. The molecular weight excluding hydrogens is 286 g/mol. The van der Waals surface area contributed by atoms with Crippen LogP contribution in [0.5, 0.6) is 0 Å². The zero-order chi connectivity index (χ0) is 15.9. The van der Waals surface area contributed by atoms with Crippen LogP contribution in [-0.2, 0) is 6.54 Å². The van der Waals surface area contributed by atoms with E-state index in [1.54, 1.807) is 0 Å². The lowest BCUT2D eigenvalue weighted by Crippen LogP contribution is -2.15. The highest BCUT2D eigenvalue weighted by Gasteiger charge is 2.11. The molecule has 0 unspecified atom stereocenters. The fourth-order valence-corrected chi connectivity index (χ4v) is 2.52. The van der Waals surface area contributed by atoms with Gasteiger partial charge in [0.15, 0.2) is 0 Å². The van der Waals surface area contributed by atoms with E-state index >= 15 is 0 Å². The van der Waals surface area contributed by atoms with Gasteiger partial charge in [0.05, 0.1) is 11.4 Å². The van der Waals surface area contributed by atoms with Gasteiger partial charge in [0, 0.05) is 30.5 Å². The van der Waals surface area contributed by atoms with Crippen LogP contribution in [0.4, 0.5) is 0 Å². The summed E-state index contributed by atoms with van der Waals surface area (Å²) >= 11 is 0. The molecular formula is C19H21N3O. The normalized spacial score (nSPS) is 10.8. The largest absolute Gasteiger partial charge is 0.396 e. The number of rotatable bonds is 7.